The summed E-state index contributed by atoms with van der Waals surface area (Å²) in [6.07, 6.45) is 2.21. The number of hydrogen-bond acceptors (Lipinski definition) is 2. The molecule has 0 bridgehead atoms. The minimum Gasteiger partial charge on any atom is -0.489 e. The van der Waals surface area contributed by atoms with Gasteiger partial charge in [-0.05, 0) is 42.7 Å². The lowest BCUT2D eigenvalue weighted by Gasteiger charge is -2.07. The molecule has 1 N–H and O–H groups in total. The molecule has 0 unspecified atom stereocenters. The van der Waals surface area contributed by atoms with Gasteiger partial charge in [0.25, 0.3) is 5.91 Å². The number of hydrogen-bond donors (Lipinski definition) is 1. The minimum atomic E-state index is 0.0167. The van der Waals surface area contributed by atoms with Gasteiger partial charge in [0.2, 0.25) is 0 Å². The molecule has 1 amide bonds. The fourth-order valence-electron chi connectivity index (χ4n) is 1.93. The van der Waals surface area contributed by atoms with Crippen molar-refractivity contribution < 1.29 is 9.53 Å². The average molecular weight is 267 g/mol. The first kappa shape index (κ1) is 12.7. The van der Waals surface area contributed by atoms with Crippen LogP contribution in [0, 0.1) is 0 Å². The van der Waals surface area contributed by atoms with E-state index in [1.54, 1.807) is 0 Å². The smallest absolute Gasteiger partial charge is 0.251 e. The summed E-state index contributed by atoms with van der Waals surface area (Å²) in [4.78, 5) is 11.8. The van der Waals surface area contributed by atoms with Gasteiger partial charge < -0.3 is 10.1 Å². The molecule has 1 aliphatic rings. The van der Waals surface area contributed by atoms with Crippen LogP contribution >= 0.6 is 0 Å². The van der Waals surface area contributed by atoms with Gasteiger partial charge in [-0.15, -0.1) is 0 Å². The molecule has 3 rings (SSSR count). The Morgan fingerprint density at radius 2 is 1.75 bits per heavy atom. The van der Waals surface area contributed by atoms with E-state index in [1.807, 2.05) is 54.6 Å². The molecule has 3 heteroatoms. The van der Waals surface area contributed by atoms with Crippen LogP contribution in [-0.2, 0) is 6.61 Å². The first-order valence-electron chi connectivity index (χ1n) is 6.89. The summed E-state index contributed by atoms with van der Waals surface area (Å²) >= 11 is 0. The van der Waals surface area contributed by atoms with E-state index < -0.39 is 0 Å². The fourth-order valence-corrected chi connectivity index (χ4v) is 1.93. The number of para-hydroxylation sites is 1. The van der Waals surface area contributed by atoms with Crippen LogP contribution in [0.2, 0.25) is 0 Å². The van der Waals surface area contributed by atoms with Crippen LogP contribution in [0.1, 0.15) is 28.8 Å². The lowest BCUT2D eigenvalue weighted by atomic mass is 10.1. The van der Waals surface area contributed by atoms with Crippen molar-refractivity contribution in [3.63, 3.8) is 0 Å². The zero-order valence-electron chi connectivity index (χ0n) is 11.2. The third-order valence-electron chi connectivity index (χ3n) is 3.28. The van der Waals surface area contributed by atoms with Crippen LogP contribution < -0.4 is 10.1 Å². The highest BCUT2D eigenvalue weighted by Crippen LogP contribution is 2.19. The quantitative estimate of drug-likeness (QED) is 0.903. The van der Waals surface area contributed by atoms with Crippen molar-refractivity contribution in [1.29, 1.82) is 0 Å². The van der Waals surface area contributed by atoms with E-state index in [-0.39, 0.29) is 5.91 Å². The van der Waals surface area contributed by atoms with Crippen LogP contribution in [0.3, 0.4) is 0 Å². The number of ether oxygens (including phenoxy) is 1. The Bertz CT molecular complexity index is 574. The Morgan fingerprint density at radius 3 is 2.40 bits per heavy atom. The third kappa shape index (κ3) is 3.38. The maximum atomic E-state index is 11.8. The van der Waals surface area contributed by atoms with Gasteiger partial charge >= 0.3 is 0 Å². The lowest BCUT2D eigenvalue weighted by molar-refractivity contribution is 0.0951. The van der Waals surface area contributed by atoms with Crippen LogP contribution in [0.4, 0.5) is 0 Å². The molecule has 20 heavy (non-hydrogen) atoms. The Labute approximate surface area is 118 Å². The summed E-state index contributed by atoms with van der Waals surface area (Å²) in [6.45, 7) is 0.508. The molecule has 1 fully saturated rings. The van der Waals surface area contributed by atoms with Gasteiger partial charge in [0, 0.05) is 11.6 Å². The SMILES string of the molecule is O=C(NC1CC1)c1ccc(COc2ccccc2)cc1. The van der Waals surface area contributed by atoms with E-state index in [4.69, 9.17) is 4.74 Å². The summed E-state index contributed by atoms with van der Waals surface area (Å²) < 4.78 is 5.67. The summed E-state index contributed by atoms with van der Waals surface area (Å²) in [7, 11) is 0. The molecule has 2 aromatic rings. The number of nitrogens with one attached hydrogen (secondary N) is 1. The Kier molecular flexibility index (Phi) is 3.68. The summed E-state index contributed by atoms with van der Waals surface area (Å²) in [5.74, 6) is 0.867. The number of amides is 1. The Morgan fingerprint density at radius 1 is 1.05 bits per heavy atom. The van der Waals surface area contributed by atoms with Gasteiger partial charge in [-0.25, -0.2) is 0 Å². The highest BCUT2D eigenvalue weighted by molar-refractivity contribution is 5.94. The maximum absolute atomic E-state index is 11.8. The molecule has 0 saturated heterocycles. The number of carbonyl (C=O) groups is 1. The highest BCUT2D eigenvalue weighted by atomic mass is 16.5. The van der Waals surface area contributed by atoms with Gasteiger partial charge in [-0.2, -0.15) is 0 Å². The van der Waals surface area contributed by atoms with Crippen LogP contribution in [-0.4, -0.2) is 11.9 Å². The van der Waals surface area contributed by atoms with E-state index in [9.17, 15) is 4.79 Å². The van der Waals surface area contributed by atoms with E-state index in [1.165, 1.54) is 0 Å². The summed E-state index contributed by atoms with van der Waals surface area (Å²) in [6, 6.07) is 17.7. The standard InChI is InChI=1S/C17H17NO2/c19-17(18-15-10-11-15)14-8-6-13(7-9-14)12-20-16-4-2-1-3-5-16/h1-9,15H,10-12H2,(H,18,19). The summed E-state index contributed by atoms with van der Waals surface area (Å²) in [5.41, 5.74) is 1.76. The number of carbonyl (C=O) groups excluding carboxylic acids is 1. The second kappa shape index (κ2) is 5.78. The molecule has 0 atom stereocenters. The van der Waals surface area contributed by atoms with Crippen molar-refractivity contribution in [3.8, 4) is 5.75 Å². The van der Waals surface area contributed by atoms with Gasteiger partial charge in [0.05, 0.1) is 0 Å². The normalized spacial score (nSPS) is 13.8. The van der Waals surface area contributed by atoms with Crippen LogP contribution in [0.15, 0.2) is 54.6 Å². The lowest BCUT2D eigenvalue weighted by Crippen LogP contribution is -2.25. The molecule has 1 saturated carbocycles. The topological polar surface area (TPSA) is 38.3 Å². The summed E-state index contributed by atoms with van der Waals surface area (Å²) in [5, 5.41) is 2.98. The zero-order valence-corrected chi connectivity index (χ0v) is 11.2. The second-order valence-electron chi connectivity index (χ2n) is 5.05. The van der Waals surface area contributed by atoms with Crippen molar-refractivity contribution in [2.45, 2.75) is 25.5 Å². The molecule has 0 spiro atoms. The monoisotopic (exact) mass is 267 g/mol. The minimum absolute atomic E-state index is 0.0167. The second-order valence-corrected chi connectivity index (χ2v) is 5.05. The molecule has 3 nitrogen and oxygen atoms in total. The zero-order chi connectivity index (χ0) is 13.8. The van der Waals surface area contributed by atoms with Crippen molar-refractivity contribution >= 4 is 5.91 Å². The highest BCUT2D eigenvalue weighted by Gasteiger charge is 2.23. The molecule has 2 aromatic carbocycles. The molecule has 0 radical (unpaired) electrons. The first-order valence-corrected chi connectivity index (χ1v) is 6.89. The Balaban J connectivity index is 1.56. The third-order valence-corrected chi connectivity index (χ3v) is 3.28. The molecular weight excluding hydrogens is 250 g/mol. The largest absolute Gasteiger partial charge is 0.489 e. The predicted octanol–water partition coefficient (Wildman–Crippen LogP) is 3.16. The van der Waals surface area contributed by atoms with Crippen molar-refractivity contribution in [2.75, 3.05) is 0 Å². The van der Waals surface area contributed by atoms with Crippen LogP contribution in [0.25, 0.3) is 0 Å². The van der Waals surface area contributed by atoms with E-state index >= 15 is 0 Å². The van der Waals surface area contributed by atoms with Gasteiger partial charge in [0.15, 0.2) is 0 Å². The Hall–Kier alpha value is -2.29. The molecular formula is C17H17NO2. The van der Waals surface area contributed by atoms with Crippen molar-refractivity contribution in [3.05, 3.63) is 65.7 Å². The van der Waals surface area contributed by atoms with E-state index in [2.05, 4.69) is 5.32 Å². The van der Waals surface area contributed by atoms with E-state index in [0.717, 1.165) is 24.2 Å². The van der Waals surface area contributed by atoms with Crippen molar-refractivity contribution in [1.82, 2.24) is 5.32 Å². The van der Waals surface area contributed by atoms with Gasteiger partial charge in [0.1, 0.15) is 12.4 Å². The van der Waals surface area contributed by atoms with Gasteiger partial charge in [-0.1, -0.05) is 30.3 Å². The predicted molar refractivity (Wildman–Crippen MR) is 77.7 cm³/mol. The van der Waals surface area contributed by atoms with Crippen molar-refractivity contribution in [2.24, 2.45) is 0 Å². The number of benzene rings is 2. The first-order chi connectivity index (χ1) is 9.81. The van der Waals surface area contributed by atoms with Gasteiger partial charge in [-0.3, -0.25) is 4.79 Å². The molecule has 102 valence electrons. The van der Waals surface area contributed by atoms with E-state index in [0.29, 0.717) is 18.2 Å². The molecule has 1 aliphatic carbocycles. The fraction of sp³-hybridized carbons (Fsp3) is 0.235. The number of rotatable bonds is 5. The molecule has 0 aliphatic heterocycles. The van der Waals surface area contributed by atoms with Crippen LogP contribution in [0.5, 0.6) is 5.75 Å². The maximum Gasteiger partial charge on any atom is 0.251 e. The average Bonchev–Trinajstić information content (AvgIpc) is 3.31. The molecule has 0 heterocycles. The molecule has 0 aromatic heterocycles.